The Hall–Kier alpha value is -3.17. The predicted molar refractivity (Wildman–Crippen MR) is 122 cm³/mol. The second-order valence-corrected chi connectivity index (χ2v) is 10.0. The average Bonchev–Trinajstić information content (AvgIpc) is 3.20. The number of aryl methyl sites for hydroxylation is 2. The molecule has 4 rings (SSSR count). The number of hydrogen-bond donors (Lipinski definition) is 2. The fourth-order valence-corrected chi connectivity index (χ4v) is 5.33. The Morgan fingerprint density at radius 2 is 1.81 bits per heavy atom. The van der Waals surface area contributed by atoms with E-state index in [1.807, 2.05) is 43.8 Å². The molecule has 2 aromatic carbocycles. The molecule has 1 atom stereocenters. The Morgan fingerprint density at radius 3 is 2.41 bits per heavy atom. The predicted octanol–water partition coefficient (Wildman–Crippen LogP) is 3.99. The van der Waals surface area contributed by atoms with Crippen LogP contribution in [-0.4, -0.2) is 35.3 Å². The highest BCUT2D eigenvalue weighted by Crippen LogP contribution is 2.35. The zero-order valence-corrected chi connectivity index (χ0v) is 19.3. The summed E-state index contributed by atoms with van der Waals surface area (Å²) in [5.41, 5.74) is 5.08. The van der Waals surface area contributed by atoms with Crippen molar-refractivity contribution in [2.45, 2.75) is 38.6 Å². The molecule has 0 aliphatic rings. The molecule has 0 aliphatic carbocycles. The molecule has 0 aliphatic heterocycles. The summed E-state index contributed by atoms with van der Waals surface area (Å²) in [6.07, 6.45) is 0. The lowest BCUT2D eigenvalue weighted by atomic mass is 10.0. The Bertz CT molecular complexity index is 1460. The largest absolute Gasteiger partial charge is 0.480 e. The normalized spacial score (nSPS) is 13.3. The van der Waals surface area contributed by atoms with Gasteiger partial charge in [0, 0.05) is 35.1 Å². The SMILES string of the molecule is Cc1nn(C)c(C)c1-c1ccc2oc3cc(S(=O)(=O)N[C@H](C(=O)O)C(C)C)ccc3c2c1. The lowest BCUT2D eigenvalue weighted by molar-refractivity contribution is -0.140. The zero-order valence-electron chi connectivity index (χ0n) is 18.5. The first-order valence-electron chi connectivity index (χ1n) is 10.2. The van der Waals surface area contributed by atoms with Crippen LogP contribution in [0.4, 0.5) is 0 Å². The van der Waals surface area contributed by atoms with Gasteiger partial charge in [-0.2, -0.15) is 9.82 Å². The minimum atomic E-state index is -4.04. The van der Waals surface area contributed by atoms with Crippen molar-refractivity contribution in [3.63, 3.8) is 0 Å². The molecule has 0 radical (unpaired) electrons. The van der Waals surface area contributed by atoms with Crippen LogP contribution in [0.5, 0.6) is 0 Å². The molecule has 8 nitrogen and oxygen atoms in total. The van der Waals surface area contributed by atoms with Gasteiger partial charge in [-0.15, -0.1) is 0 Å². The smallest absolute Gasteiger partial charge is 0.322 e. The summed E-state index contributed by atoms with van der Waals surface area (Å²) in [4.78, 5) is 11.4. The number of benzene rings is 2. The minimum absolute atomic E-state index is 0.0462. The third-order valence-electron chi connectivity index (χ3n) is 5.77. The lowest BCUT2D eigenvalue weighted by Crippen LogP contribution is -2.44. The van der Waals surface area contributed by atoms with Crippen molar-refractivity contribution in [1.29, 1.82) is 0 Å². The molecule has 2 aromatic heterocycles. The van der Waals surface area contributed by atoms with Crippen molar-refractivity contribution in [1.82, 2.24) is 14.5 Å². The average molecular weight is 456 g/mol. The number of nitrogens with zero attached hydrogens (tertiary/aromatic N) is 2. The number of carboxylic acid groups (broad SMARTS) is 1. The van der Waals surface area contributed by atoms with Crippen molar-refractivity contribution in [3.8, 4) is 11.1 Å². The van der Waals surface area contributed by atoms with Gasteiger partial charge >= 0.3 is 5.97 Å². The summed E-state index contributed by atoms with van der Waals surface area (Å²) < 4.78 is 35.6. The summed E-state index contributed by atoms with van der Waals surface area (Å²) in [5, 5.41) is 15.5. The zero-order chi connectivity index (χ0) is 23.4. The van der Waals surface area contributed by atoms with Gasteiger partial charge in [0.1, 0.15) is 17.2 Å². The number of sulfonamides is 1. The summed E-state index contributed by atoms with van der Waals surface area (Å²) in [7, 11) is -2.14. The maximum atomic E-state index is 12.8. The van der Waals surface area contributed by atoms with Gasteiger partial charge in [-0.1, -0.05) is 19.9 Å². The van der Waals surface area contributed by atoms with E-state index in [0.29, 0.717) is 11.2 Å². The van der Waals surface area contributed by atoms with Crippen LogP contribution in [-0.2, 0) is 21.9 Å². The molecule has 0 saturated heterocycles. The molecule has 9 heteroatoms. The van der Waals surface area contributed by atoms with E-state index in [4.69, 9.17) is 4.42 Å². The molecule has 0 bridgehead atoms. The number of aliphatic carboxylic acids is 1. The molecule has 4 aromatic rings. The standard InChI is InChI=1S/C23H25N3O5S/c1-12(2)22(23(27)28)25-32(29,30)16-7-8-17-18-10-15(6-9-19(18)31-20(17)11-16)21-13(3)24-26(5)14(21)4/h6-12,22,25H,1-5H3,(H,27,28)/t22-/m0/s1. The summed E-state index contributed by atoms with van der Waals surface area (Å²) >= 11 is 0. The number of carbonyl (C=O) groups is 1. The Balaban J connectivity index is 1.79. The van der Waals surface area contributed by atoms with Crippen LogP contribution in [0.1, 0.15) is 25.2 Å². The van der Waals surface area contributed by atoms with Crippen molar-refractivity contribution in [2.24, 2.45) is 13.0 Å². The number of nitrogens with one attached hydrogen (secondary N) is 1. The molecule has 0 spiro atoms. The van der Waals surface area contributed by atoms with Gasteiger partial charge in [-0.25, -0.2) is 8.42 Å². The highest BCUT2D eigenvalue weighted by molar-refractivity contribution is 7.89. The highest BCUT2D eigenvalue weighted by Gasteiger charge is 2.28. The molecule has 0 fully saturated rings. The van der Waals surface area contributed by atoms with E-state index in [1.165, 1.54) is 12.1 Å². The Morgan fingerprint density at radius 1 is 1.09 bits per heavy atom. The van der Waals surface area contributed by atoms with Crippen LogP contribution in [0.25, 0.3) is 33.1 Å². The van der Waals surface area contributed by atoms with Crippen molar-refractivity contribution in [2.75, 3.05) is 0 Å². The first-order chi connectivity index (χ1) is 15.0. The first kappa shape index (κ1) is 22.0. The molecular weight excluding hydrogens is 430 g/mol. The molecular formula is C23H25N3O5S. The maximum Gasteiger partial charge on any atom is 0.322 e. The van der Waals surface area contributed by atoms with Crippen molar-refractivity contribution in [3.05, 3.63) is 47.8 Å². The first-order valence-corrected chi connectivity index (χ1v) is 11.7. The quantitative estimate of drug-likeness (QED) is 0.454. The van der Waals surface area contributed by atoms with E-state index in [2.05, 4.69) is 9.82 Å². The van der Waals surface area contributed by atoms with Gasteiger partial charge in [-0.3, -0.25) is 9.48 Å². The maximum absolute atomic E-state index is 12.8. The van der Waals surface area contributed by atoms with Crippen molar-refractivity contribution < 1.29 is 22.7 Å². The van der Waals surface area contributed by atoms with Gasteiger partial charge < -0.3 is 9.52 Å². The van der Waals surface area contributed by atoms with Crippen molar-refractivity contribution >= 4 is 37.9 Å². The number of hydrogen-bond acceptors (Lipinski definition) is 5. The summed E-state index contributed by atoms with van der Waals surface area (Å²) in [6, 6.07) is 9.20. The van der Waals surface area contributed by atoms with Crippen LogP contribution in [0.2, 0.25) is 0 Å². The van der Waals surface area contributed by atoms with Crippen LogP contribution >= 0.6 is 0 Å². The molecule has 0 saturated carbocycles. The number of furan rings is 1. The number of carboxylic acids is 1. The monoisotopic (exact) mass is 455 g/mol. The molecule has 0 amide bonds. The second-order valence-electron chi connectivity index (χ2n) is 8.32. The van der Waals surface area contributed by atoms with Crippen LogP contribution in [0, 0.1) is 19.8 Å². The number of aromatic nitrogens is 2. The van der Waals surface area contributed by atoms with E-state index in [0.717, 1.165) is 33.3 Å². The molecule has 32 heavy (non-hydrogen) atoms. The van der Waals surface area contributed by atoms with Gasteiger partial charge in [0.2, 0.25) is 10.0 Å². The van der Waals surface area contributed by atoms with E-state index in [1.54, 1.807) is 19.9 Å². The summed E-state index contributed by atoms with van der Waals surface area (Å²) in [5.74, 6) is -1.63. The van der Waals surface area contributed by atoms with Crippen LogP contribution < -0.4 is 4.72 Å². The van der Waals surface area contributed by atoms with E-state index in [-0.39, 0.29) is 4.90 Å². The lowest BCUT2D eigenvalue weighted by Gasteiger charge is -2.17. The second kappa shape index (κ2) is 7.75. The third kappa shape index (κ3) is 3.67. The molecule has 0 unspecified atom stereocenters. The minimum Gasteiger partial charge on any atom is -0.480 e. The van der Waals surface area contributed by atoms with E-state index >= 15 is 0 Å². The fourth-order valence-electron chi connectivity index (χ4n) is 3.98. The molecule has 168 valence electrons. The van der Waals surface area contributed by atoms with Gasteiger partial charge in [-0.05, 0) is 49.6 Å². The molecule has 2 N–H and O–H groups in total. The van der Waals surface area contributed by atoms with Gasteiger partial charge in [0.15, 0.2) is 0 Å². The Kier molecular flexibility index (Phi) is 5.34. The van der Waals surface area contributed by atoms with E-state index in [9.17, 15) is 18.3 Å². The van der Waals surface area contributed by atoms with Gasteiger partial charge in [0.05, 0.1) is 10.6 Å². The molecule has 2 heterocycles. The highest BCUT2D eigenvalue weighted by atomic mass is 32.2. The number of fused-ring (bicyclic) bond motifs is 3. The van der Waals surface area contributed by atoms with Crippen LogP contribution in [0.15, 0.2) is 45.7 Å². The third-order valence-corrected chi connectivity index (χ3v) is 7.20. The fraction of sp³-hybridized carbons (Fsp3) is 0.304. The van der Waals surface area contributed by atoms with Gasteiger partial charge in [0.25, 0.3) is 0 Å². The topological polar surface area (TPSA) is 114 Å². The number of rotatable bonds is 6. The van der Waals surface area contributed by atoms with Crippen LogP contribution in [0.3, 0.4) is 0 Å². The van der Waals surface area contributed by atoms with E-state index < -0.39 is 28.0 Å². The Labute approximate surface area is 185 Å². The summed E-state index contributed by atoms with van der Waals surface area (Å²) in [6.45, 7) is 7.27.